The summed E-state index contributed by atoms with van der Waals surface area (Å²) in [6.45, 7) is 5.65. The zero-order valence-electron chi connectivity index (χ0n) is 11.3. The molecule has 0 amide bonds. The summed E-state index contributed by atoms with van der Waals surface area (Å²) in [7, 11) is 0. The van der Waals surface area contributed by atoms with E-state index in [4.69, 9.17) is 0 Å². The van der Waals surface area contributed by atoms with Crippen LogP contribution in [0.4, 0.5) is 5.82 Å². The molecule has 0 aromatic carbocycles. The second-order valence-electron chi connectivity index (χ2n) is 5.51. The molecule has 0 spiro atoms. The Kier molecular flexibility index (Phi) is 4.98. The summed E-state index contributed by atoms with van der Waals surface area (Å²) in [5, 5.41) is 0. The first kappa shape index (κ1) is 13.8. The lowest BCUT2D eigenvalue weighted by atomic mass is 10.1. The molecule has 1 heterocycles. The molecule has 2 rings (SSSR count). The average molecular weight is 312 g/mol. The largest absolute Gasteiger partial charge is 0.352 e. The number of rotatable bonds is 5. The minimum absolute atomic E-state index is 0.666. The Morgan fingerprint density at radius 3 is 2.56 bits per heavy atom. The summed E-state index contributed by atoms with van der Waals surface area (Å²) >= 11 is 3.35. The van der Waals surface area contributed by atoms with Gasteiger partial charge in [-0.15, -0.1) is 0 Å². The number of anilines is 1. The fourth-order valence-corrected chi connectivity index (χ4v) is 2.76. The van der Waals surface area contributed by atoms with Crippen molar-refractivity contribution in [2.45, 2.75) is 52.0 Å². The van der Waals surface area contributed by atoms with Crippen LogP contribution in [-0.4, -0.2) is 22.6 Å². The molecule has 1 aromatic heterocycles. The van der Waals surface area contributed by atoms with Crippen LogP contribution in [-0.2, 0) is 0 Å². The summed E-state index contributed by atoms with van der Waals surface area (Å²) in [4.78, 5) is 11.3. The van der Waals surface area contributed by atoms with Gasteiger partial charge in [-0.25, -0.2) is 9.97 Å². The normalized spacial score (nSPS) is 16.4. The highest BCUT2D eigenvalue weighted by molar-refractivity contribution is 9.10. The van der Waals surface area contributed by atoms with Gasteiger partial charge in [-0.1, -0.05) is 26.7 Å². The summed E-state index contributed by atoms with van der Waals surface area (Å²) < 4.78 is 0.807. The van der Waals surface area contributed by atoms with Crippen LogP contribution in [0.3, 0.4) is 0 Å². The molecule has 1 saturated carbocycles. The molecule has 0 radical (unpaired) electrons. The predicted molar refractivity (Wildman–Crippen MR) is 78.8 cm³/mol. The molecule has 0 atom stereocenters. The minimum atomic E-state index is 0.666. The van der Waals surface area contributed by atoms with Crippen LogP contribution < -0.4 is 4.90 Å². The summed E-state index contributed by atoms with van der Waals surface area (Å²) in [6.07, 6.45) is 10.2. The number of halogens is 1. The van der Waals surface area contributed by atoms with Crippen molar-refractivity contribution < 1.29 is 0 Å². The zero-order valence-corrected chi connectivity index (χ0v) is 12.9. The van der Waals surface area contributed by atoms with Gasteiger partial charge in [-0.05, 0) is 41.1 Å². The van der Waals surface area contributed by atoms with Crippen LogP contribution in [0.15, 0.2) is 17.0 Å². The van der Waals surface area contributed by atoms with Crippen LogP contribution >= 0.6 is 15.9 Å². The highest BCUT2D eigenvalue weighted by Gasteiger charge is 2.23. The lowest BCUT2D eigenvalue weighted by Gasteiger charge is -2.30. The first-order chi connectivity index (χ1) is 8.66. The maximum absolute atomic E-state index is 4.52. The minimum Gasteiger partial charge on any atom is -0.352 e. The summed E-state index contributed by atoms with van der Waals surface area (Å²) in [5.41, 5.74) is 0. The quantitative estimate of drug-likeness (QED) is 0.822. The topological polar surface area (TPSA) is 29.0 Å². The molecule has 18 heavy (non-hydrogen) atoms. The van der Waals surface area contributed by atoms with Gasteiger partial charge in [0.1, 0.15) is 10.4 Å². The SMILES string of the molecule is CC(C)CCN(c1cnc(Br)cn1)C1CCCC1. The van der Waals surface area contributed by atoms with Crippen LogP contribution in [0.5, 0.6) is 0 Å². The van der Waals surface area contributed by atoms with Gasteiger partial charge in [0, 0.05) is 12.6 Å². The van der Waals surface area contributed by atoms with Crippen LogP contribution in [0.1, 0.15) is 46.0 Å². The third kappa shape index (κ3) is 3.67. The maximum atomic E-state index is 4.52. The van der Waals surface area contributed by atoms with E-state index < -0.39 is 0 Å². The van der Waals surface area contributed by atoms with Crippen LogP contribution in [0, 0.1) is 5.92 Å². The number of hydrogen-bond donors (Lipinski definition) is 0. The van der Waals surface area contributed by atoms with E-state index in [0.29, 0.717) is 6.04 Å². The van der Waals surface area contributed by atoms with E-state index in [2.05, 4.69) is 44.6 Å². The van der Waals surface area contributed by atoms with E-state index in [1.165, 1.54) is 32.1 Å². The lowest BCUT2D eigenvalue weighted by molar-refractivity contribution is 0.524. The Balaban J connectivity index is 2.09. The third-order valence-corrected chi connectivity index (χ3v) is 4.02. The van der Waals surface area contributed by atoms with Gasteiger partial charge in [0.2, 0.25) is 0 Å². The number of hydrogen-bond acceptors (Lipinski definition) is 3. The van der Waals surface area contributed by atoms with E-state index in [-0.39, 0.29) is 0 Å². The average Bonchev–Trinajstić information content (AvgIpc) is 2.85. The van der Waals surface area contributed by atoms with Gasteiger partial charge >= 0.3 is 0 Å². The molecular weight excluding hydrogens is 290 g/mol. The molecule has 1 aliphatic rings. The fourth-order valence-electron chi connectivity index (χ4n) is 2.55. The molecule has 0 N–H and O–H groups in total. The Morgan fingerprint density at radius 2 is 2.00 bits per heavy atom. The van der Waals surface area contributed by atoms with Gasteiger partial charge in [0.05, 0.1) is 12.4 Å². The molecule has 0 saturated heterocycles. The van der Waals surface area contributed by atoms with Gasteiger partial charge in [0.15, 0.2) is 0 Å². The van der Waals surface area contributed by atoms with Crippen molar-refractivity contribution in [3.05, 3.63) is 17.0 Å². The highest BCUT2D eigenvalue weighted by Crippen LogP contribution is 2.27. The van der Waals surface area contributed by atoms with Crippen molar-refractivity contribution in [1.82, 2.24) is 9.97 Å². The van der Waals surface area contributed by atoms with Gasteiger partial charge in [0.25, 0.3) is 0 Å². The molecular formula is C14H22BrN3. The molecule has 0 aliphatic heterocycles. The lowest BCUT2D eigenvalue weighted by Crippen LogP contribution is -2.35. The van der Waals surface area contributed by atoms with E-state index in [1.807, 2.05) is 6.20 Å². The second-order valence-corrected chi connectivity index (χ2v) is 6.32. The standard InChI is InChI=1S/C14H22BrN3/c1-11(2)7-8-18(12-5-3-4-6-12)14-10-16-13(15)9-17-14/h9-12H,3-8H2,1-2H3. The van der Waals surface area contributed by atoms with Gasteiger partial charge < -0.3 is 4.90 Å². The second kappa shape index (κ2) is 6.50. The summed E-state index contributed by atoms with van der Waals surface area (Å²) in [5.74, 6) is 1.77. The molecule has 100 valence electrons. The Morgan fingerprint density at radius 1 is 1.28 bits per heavy atom. The molecule has 4 heteroatoms. The van der Waals surface area contributed by atoms with Crippen molar-refractivity contribution in [2.75, 3.05) is 11.4 Å². The molecule has 1 fully saturated rings. The predicted octanol–water partition coefficient (Wildman–Crippen LogP) is 4.03. The molecule has 3 nitrogen and oxygen atoms in total. The monoisotopic (exact) mass is 311 g/mol. The molecule has 1 aliphatic carbocycles. The summed E-state index contributed by atoms with van der Waals surface area (Å²) in [6, 6.07) is 0.666. The van der Waals surface area contributed by atoms with Crippen molar-refractivity contribution in [3.63, 3.8) is 0 Å². The van der Waals surface area contributed by atoms with E-state index >= 15 is 0 Å². The maximum Gasteiger partial charge on any atom is 0.147 e. The molecule has 1 aromatic rings. The van der Waals surface area contributed by atoms with Crippen molar-refractivity contribution in [2.24, 2.45) is 5.92 Å². The zero-order chi connectivity index (χ0) is 13.0. The highest BCUT2D eigenvalue weighted by atomic mass is 79.9. The van der Waals surface area contributed by atoms with Crippen molar-refractivity contribution >= 4 is 21.7 Å². The van der Waals surface area contributed by atoms with Gasteiger partial charge in [-0.2, -0.15) is 0 Å². The molecule has 0 bridgehead atoms. The number of aromatic nitrogens is 2. The first-order valence-corrected chi connectivity index (χ1v) is 7.70. The first-order valence-electron chi connectivity index (χ1n) is 6.91. The van der Waals surface area contributed by atoms with E-state index in [1.54, 1.807) is 6.20 Å². The third-order valence-electron chi connectivity index (χ3n) is 3.61. The van der Waals surface area contributed by atoms with E-state index in [9.17, 15) is 0 Å². The van der Waals surface area contributed by atoms with Gasteiger partial charge in [-0.3, -0.25) is 0 Å². The Bertz CT molecular complexity index is 358. The molecule has 0 unspecified atom stereocenters. The van der Waals surface area contributed by atoms with Crippen molar-refractivity contribution in [1.29, 1.82) is 0 Å². The van der Waals surface area contributed by atoms with Crippen LogP contribution in [0.2, 0.25) is 0 Å². The Hall–Kier alpha value is -0.640. The van der Waals surface area contributed by atoms with Crippen molar-refractivity contribution in [3.8, 4) is 0 Å². The Labute approximate surface area is 118 Å². The van der Waals surface area contributed by atoms with Crippen LogP contribution in [0.25, 0.3) is 0 Å². The fraction of sp³-hybridized carbons (Fsp3) is 0.714. The number of nitrogens with zero attached hydrogens (tertiary/aromatic N) is 3. The van der Waals surface area contributed by atoms with E-state index in [0.717, 1.165) is 22.9 Å². The smallest absolute Gasteiger partial charge is 0.147 e.